The van der Waals surface area contributed by atoms with Crippen molar-refractivity contribution in [2.24, 2.45) is 5.92 Å². The zero-order chi connectivity index (χ0) is 38.6. The van der Waals surface area contributed by atoms with Crippen LogP contribution < -0.4 is 25.6 Å². The first-order valence-electron chi connectivity index (χ1n) is 17.8. The minimum Gasteiger partial charge on any atom is -0.453 e. The van der Waals surface area contributed by atoms with E-state index in [1.807, 2.05) is 13.8 Å². The highest BCUT2D eigenvalue weighted by Gasteiger charge is 2.37. The van der Waals surface area contributed by atoms with Crippen molar-refractivity contribution in [3.63, 3.8) is 0 Å². The Kier molecular flexibility index (Phi) is 11.4. The van der Waals surface area contributed by atoms with Crippen molar-refractivity contribution in [2.75, 3.05) is 43.5 Å². The number of piperazine rings is 1. The number of halogens is 3. The number of imidazole rings is 1. The molecule has 3 amide bonds. The maximum Gasteiger partial charge on any atom is 0.573 e. The second-order valence-corrected chi connectivity index (χ2v) is 13.7. The number of ether oxygens (including phenoxy) is 2. The van der Waals surface area contributed by atoms with Gasteiger partial charge in [-0.05, 0) is 67.1 Å². The van der Waals surface area contributed by atoms with E-state index in [2.05, 4.69) is 47.5 Å². The van der Waals surface area contributed by atoms with Crippen molar-refractivity contribution in [1.82, 2.24) is 30.5 Å². The Bertz CT molecular complexity index is 1950. The monoisotopic (exact) mass is 748 g/mol. The molecule has 2 aliphatic heterocycles. The lowest BCUT2D eigenvalue weighted by Crippen LogP contribution is -2.51. The second-order valence-electron chi connectivity index (χ2n) is 13.7. The van der Waals surface area contributed by atoms with E-state index in [0.29, 0.717) is 41.3 Å². The molecule has 4 N–H and O–H groups in total. The van der Waals surface area contributed by atoms with E-state index in [1.54, 1.807) is 47.5 Å². The summed E-state index contributed by atoms with van der Waals surface area (Å²) in [7, 11) is 1.24. The fraction of sp³-hybridized carbons (Fsp3) is 0.395. The molecule has 286 valence electrons. The second kappa shape index (κ2) is 16.2. The lowest BCUT2D eigenvalue weighted by atomic mass is 10.00. The minimum atomic E-state index is -5.00. The van der Waals surface area contributed by atoms with Crippen molar-refractivity contribution in [3.05, 3.63) is 78.4 Å². The van der Waals surface area contributed by atoms with Crippen LogP contribution in [0.25, 0.3) is 22.4 Å². The Morgan fingerprint density at radius 1 is 0.981 bits per heavy atom. The molecule has 3 atom stereocenters. The molecule has 13 nitrogen and oxygen atoms in total. The summed E-state index contributed by atoms with van der Waals surface area (Å²) >= 11 is 0. The molecular formula is C38H43F3N8O5. The number of H-pyrrole nitrogens is 1. The van der Waals surface area contributed by atoms with Gasteiger partial charge in [-0.2, -0.15) is 0 Å². The van der Waals surface area contributed by atoms with Crippen LogP contribution in [-0.4, -0.2) is 89.5 Å². The molecule has 16 heteroatoms. The van der Waals surface area contributed by atoms with Gasteiger partial charge in [0, 0.05) is 43.3 Å². The Morgan fingerprint density at radius 2 is 1.74 bits per heavy atom. The number of nitrogens with zero attached hydrogens (tertiary/aromatic N) is 4. The lowest BCUT2D eigenvalue weighted by molar-refractivity contribution is -0.274. The number of alkyl halides is 3. The normalized spacial score (nSPS) is 18.0. The van der Waals surface area contributed by atoms with Crippen LogP contribution in [0.5, 0.6) is 5.75 Å². The van der Waals surface area contributed by atoms with Gasteiger partial charge in [-0.25, -0.2) is 14.8 Å². The highest BCUT2D eigenvalue weighted by atomic mass is 19.4. The number of benzene rings is 2. The van der Waals surface area contributed by atoms with Gasteiger partial charge in [0.25, 0.3) is 5.91 Å². The van der Waals surface area contributed by atoms with E-state index in [4.69, 9.17) is 4.74 Å². The summed E-state index contributed by atoms with van der Waals surface area (Å²) in [5.74, 6) is -0.203. The molecule has 4 aromatic rings. The van der Waals surface area contributed by atoms with Gasteiger partial charge < -0.3 is 40.2 Å². The number of rotatable bonds is 10. The lowest BCUT2D eigenvalue weighted by Gasteiger charge is -2.34. The molecule has 2 aliphatic rings. The van der Waals surface area contributed by atoms with Crippen molar-refractivity contribution in [2.45, 2.75) is 58.1 Å². The number of nitrogens with one attached hydrogen (secondary N) is 4. The quantitative estimate of drug-likeness (QED) is 0.150. The van der Waals surface area contributed by atoms with Crippen molar-refractivity contribution >= 4 is 29.4 Å². The number of alkyl carbamates (subject to hydrolysis) is 1. The molecule has 0 aliphatic carbocycles. The van der Waals surface area contributed by atoms with Gasteiger partial charge in [-0.3, -0.25) is 9.59 Å². The molecule has 54 heavy (non-hydrogen) atoms. The number of carbonyl (C=O) groups is 3. The molecule has 0 bridgehead atoms. The van der Waals surface area contributed by atoms with Crippen LogP contribution in [0.2, 0.25) is 0 Å². The largest absolute Gasteiger partial charge is 0.573 e. The van der Waals surface area contributed by atoms with Crippen LogP contribution in [0, 0.1) is 5.92 Å². The van der Waals surface area contributed by atoms with Gasteiger partial charge in [0.2, 0.25) is 5.91 Å². The van der Waals surface area contributed by atoms with Gasteiger partial charge in [-0.15, -0.1) is 13.2 Å². The topological polar surface area (TPSA) is 154 Å². The maximum absolute atomic E-state index is 13.6. The third kappa shape index (κ3) is 8.76. The van der Waals surface area contributed by atoms with E-state index >= 15 is 0 Å². The first-order valence-corrected chi connectivity index (χ1v) is 17.8. The highest BCUT2D eigenvalue weighted by Crippen LogP contribution is 2.37. The summed E-state index contributed by atoms with van der Waals surface area (Å²) in [4.78, 5) is 54.8. The molecule has 6 rings (SSSR count). The van der Waals surface area contributed by atoms with E-state index in [0.717, 1.165) is 37.9 Å². The molecule has 4 heterocycles. The Balaban J connectivity index is 1.17. The number of pyridine rings is 1. The maximum atomic E-state index is 13.6. The molecular weight excluding hydrogens is 705 g/mol. The van der Waals surface area contributed by atoms with E-state index in [1.165, 1.54) is 25.4 Å². The molecule has 2 aromatic heterocycles. The standard InChI is InChI=1S/C38H43F3N8O5/c1-22(2)33(47-37(52)53-4)36(51)49-16-5-6-30(49)34-44-21-29(46-34)25-9-7-24(8-10-25)28-13-11-26(18-31(28)54-38(39,40)41)35(50)45-27-12-14-32(43-20-27)48-17-15-42-19-23(48)3/h7-14,18,20-23,30,33,42H,5-6,15-17,19H2,1-4H3,(H,44,46)(H,45,50)(H,47,52). The van der Waals surface area contributed by atoms with Crippen molar-refractivity contribution in [3.8, 4) is 28.1 Å². The summed E-state index contributed by atoms with van der Waals surface area (Å²) in [6, 6.07) is 13.3. The molecule has 2 aromatic carbocycles. The van der Waals surface area contributed by atoms with Gasteiger partial charge in [0.1, 0.15) is 23.4 Å². The Morgan fingerprint density at radius 3 is 2.41 bits per heavy atom. The summed E-state index contributed by atoms with van der Waals surface area (Å²) in [6.45, 7) is 8.74. The molecule has 2 fully saturated rings. The summed E-state index contributed by atoms with van der Waals surface area (Å²) < 4.78 is 49.9. The zero-order valence-corrected chi connectivity index (χ0v) is 30.4. The van der Waals surface area contributed by atoms with Crippen molar-refractivity contribution < 1.29 is 37.0 Å². The molecule has 0 radical (unpaired) electrons. The Hall–Kier alpha value is -5.64. The zero-order valence-electron chi connectivity index (χ0n) is 30.4. The number of aromatic amines is 1. The third-order valence-electron chi connectivity index (χ3n) is 9.62. The van der Waals surface area contributed by atoms with E-state index < -0.39 is 30.2 Å². The van der Waals surface area contributed by atoms with Crippen LogP contribution in [0.1, 0.15) is 55.8 Å². The SMILES string of the molecule is COC(=O)NC(C(=O)N1CCCC1c1ncc(-c2ccc(-c3ccc(C(=O)Nc4ccc(N5CCNCC5C)nc4)cc3OC(F)(F)F)cc2)[nH]1)C(C)C. The number of hydrogen-bond donors (Lipinski definition) is 4. The highest BCUT2D eigenvalue weighted by molar-refractivity contribution is 6.05. The predicted molar refractivity (Wildman–Crippen MR) is 196 cm³/mol. The smallest absolute Gasteiger partial charge is 0.453 e. The van der Waals surface area contributed by atoms with Gasteiger partial charge >= 0.3 is 12.5 Å². The number of methoxy groups -OCH3 is 1. The van der Waals surface area contributed by atoms with Gasteiger partial charge in [0.15, 0.2) is 0 Å². The average Bonchev–Trinajstić information content (AvgIpc) is 3.84. The summed E-state index contributed by atoms with van der Waals surface area (Å²) in [5, 5.41) is 8.66. The van der Waals surface area contributed by atoms with Crippen LogP contribution in [0.15, 0.2) is 67.0 Å². The van der Waals surface area contributed by atoms with Gasteiger partial charge in [0.05, 0.1) is 36.9 Å². The number of hydrogen-bond acceptors (Lipinski definition) is 9. The molecule has 0 saturated carbocycles. The van der Waals surface area contributed by atoms with Crippen molar-refractivity contribution in [1.29, 1.82) is 0 Å². The van der Waals surface area contributed by atoms with Crippen LogP contribution in [0.4, 0.5) is 29.5 Å². The summed E-state index contributed by atoms with van der Waals surface area (Å²) in [5.41, 5.74) is 2.29. The van der Waals surface area contributed by atoms with E-state index in [-0.39, 0.29) is 35.0 Å². The fourth-order valence-electron chi connectivity index (χ4n) is 6.80. The van der Waals surface area contributed by atoms with Crippen LogP contribution >= 0.6 is 0 Å². The van der Waals surface area contributed by atoms with Crippen LogP contribution in [-0.2, 0) is 9.53 Å². The van der Waals surface area contributed by atoms with Crippen LogP contribution in [0.3, 0.4) is 0 Å². The number of aromatic nitrogens is 3. The van der Waals surface area contributed by atoms with Gasteiger partial charge in [-0.1, -0.05) is 38.1 Å². The fourth-order valence-corrected chi connectivity index (χ4v) is 6.80. The number of amides is 3. The molecule has 2 saturated heterocycles. The number of anilines is 2. The average molecular weight is 749 g/mol. The predicted octanol–water partition coefficient (Wildman–Crippen LogP) is 6.13. The minimum absolute atomic E-state index is 0.0281. The molecule has 0 spiro atoms. The summed E-state index contributed by atoms with van der Waals surface area (Å²) in [6.07, 6.45) is -1.10. The Labute approximate surface area is 310 Å². The van der Waals surface area contributed by atoms with E-state index in [9.17, 15) is 27.6 Å². The molecule has 3 unspecified atom stereocenters. The number of carbonyl (C=O) groups excluding carboxylic acids is 3. The first-order chi connectivity index (χ1) is 25.8. The number of likely N-dealkylation sites (tertiary alicyclic amines) is 1. The third-order valence-corrected chi connectivity index (χ3v) is 9.62. The first kappa shape index (κ1) is 38.1.